The molecule has 4 rings (SSSR count). The highest BCUT2D eigenvalue weighted by atomic mass is 19.2. The van der Waals surface area contributed by atoms with Crippen LogP contribution in [0.1, 0.15) is 19.4 Å². The van der Waals surface area contributed by atoms with E-state index in [4.69, 9.17) is 4.74 Å². The number of aromatic nitrogens is 1. The lowest BCUT2D eigenvalue weighted by Gasteiger charge is -2.20. The first kappa shape index (κ1) is 24.3. The normalized spacial score (nSPS) is 11.2. The molecular formula is C26H21F5N2O2. The highest BCUT2D eigenvalue weighted by molar-refractivity contribution is 5.99. The molecule has 0 fully saturated rings. The van der Waals surface area contributed by atoms with Crippen LogP contribution >= 0.6 is 0 Å². The van der Waals surface area contributed by atoms with Gasteiger partial charge in [-0.15, -0.1) is 0 Å². The van der Waals surface area contributed by atoms with Gasteiger partial charge in [0.25, 0.3) is 0 Å². The minimum Gasteiger partial charge on any atom is -0.410 e. The molecule has 0 radical (unpaired) electrons. The van der Waals surface area contributed by atoms with Crippen LogP contribution in [0.3, 0.4) is 0 Å². The molecule has 182 valence electrons. The highest BCUT2D eigenvalue weighted by Crippen LogP contribution is 2.39. The monoisotopic (exact) mass is 488 g/mol. The van der Waals surface area contributed by atoms with Crippen molar-refractivity contribution < 1.29 is 31.5 Å². The molecule has 1 amide bonds. The molecule has 0 N–H and O–H groups in total. The fourth-order valence-electron chi connectivity index (χ4n) is 3.98. The molecule has 4 aromatic rings. The summed E-state index contributed by atoms with van der Waals surface area (Å²) in [5.41, 5.74) is 0.798. The Morgan fingerprint density at radius 1 is 0.857 bits per heavy atom. The van der Waals surface area contributed by atoms with Crippen LogP contribution < -0.4 is 4.74 Å². The van der Waals surface area contributed by atoms with Gasteiger partial charge >= 0.3 is 6.09 Å². The summed E-state index contributed by atoms with van der Waals surface area (Å²) in [6, 6.07) is 8.87. The summed E-state index contributed by atoms with van der Waals surface area (Å²) in [6.07, 6.45) is 0.941. The maximum Gasteiger partial charge on any atom is 0.415 e. The second-order valence-electron chi connectivity index (χ2n) is 7.87. The lowest BCUT2D eigenvalue weighted by atomic mass is 10.00. The predicted molar refractivity (Wildman–Crippen MR) is 122 cm³/mol. The Balaban J connectivity index is 1.85. The third kappa shape index (κ3) is 4.84. The fourth-order valence-corrected chi connectivity index (χ4v) is 3.98. The second kappa shape index (κ2) is 9.77. The lowest BCUT2D eigenvalue weighted by Crippen LogP contribution is -2.33. The molecule has 0 aliphatic heterocycles. The second-order valence-corrected chi connectivity index (χ2v) is 7.87. The molecule has 0 aliphatic rings. The van der Waals surface area contributed by atoms with E-state index in [1.54, 1.807) is 36.7 Å². The van der Waals surface area contributed by atoms with Crippen LogP contribution in [0.25, 0.3) is 22.0 Å². The molecule has 35 heavy (non-hydrogen) atoms. The number of fused-ring (bicyclic) bond motifs is 1. The van der Waals surface area contributed by atoms with Gasteiger partial charge in [0.1, 0.15) is 23.2 Å². The van der Waals surface area contributed by atoms with Crippen molar-refractivity contribution in [2.24, 2.45) is 0 Å². The Bertz CT molecular complexity index is 1390. The summed E-state index contributed by atoms with van der Waals surface area (Å²) in [6.45, 7) is 4.24. The maximum atomic E-state index is 14.2. The van der Waals surface area contributed by atoms with Crippen molar-refractivity contribution >= 4 is 17.0 Å². The van der Waals surface area contributed by atoms with Crippen molar-refractivity contribution in [1.29, 1.82) is 0 Å². The van der Waals surface area contributed by atoms with E-state index in [2.05, 4.69) is 0 Å². The number of benzene rings is 3. The first-order valence-corrected chi connectivity index (χ1v) is 10.9. The van der Waals surface area contributed by atoms with Crippen molar-refractivity contribution in [3.63, 3.8) is 0 Å². The molecule has 0 saturated heterocycles. The highest BCUT2D eigenvalue weighted by Gasteiger charge is 2.20. The van der Waals surface area contributed by atoms with Crippen LogP contribution in [-0.4, -0.2) is 28.6 Å². The number of carbonyl (C=O) groups excluding carboxylic acids is 1. The Morgan fingerprint density at radius 2 is 1.51 bits per heavy atom. The zero-order chi connectivity index (χ0) is 25.3. The molecule has 0 bridgehead atoms. The minimum absolute atomic E-state index is 0.0798. The molecule has 0 aliphatic carbocycles. The van der Waals surface area contributed by atoms with Gasteiger partial charge in [-0.1, -0.05) is 0 Å². The zero-order valence-corrected chi connectivity index (χ0v) is 18.9. The number of hydrogen-bond acceptors (Lipinski definition) is 2. The molecular weight excluding hydrogens is 467 g/mol. The van der Waals surface area contributed by atoms with Crippen molar-refractivity contribution in [2.45, 2.75) is 20.4 Å². The molecule has 0 spiro atoms. The van der Waals surface area contributed by atoms with Gasteiger partial charge in [-0.05, 0) is 55.8 Å². The van der Waals surface area contributed by atoms with E-state index in [0.717, 1.165) is 24.3 Å². The van der Waals surface area contributed by atoms with Gasteiger partial charge in [-0.25, -0.2) is 26.7 Å². The number of carbonyl (C=O) groups is 1. The summed E-state index contributed by atoms with van der Waals surface area (Å²) in [4.78, 5) is 14.1. The van der Waals surface area contributed by atoms with E-state index in [1.165, 1.54) is 11.0 Å². The number of rotatable bonds is 6. The van der Waals surface area contributed by atoms with E-state index < -0.39 is 35.2 Å². The smallest absolute Gasteiger partial charge is 0.410 e. The molecule has 3 aromatic carbocycles. The van der Waals surface area contributed by atoms with Gasteiger partial charge in [0.15, 0.2) is 11.6 Å². The van der Waals surface area contributed by atoms with Gasteiger partial charge < -0.3 is 14.2 Å². The van der Waals surface area contributed by atoms with Crippen molar-refractivity contribution in [1.82, 2.24) is 9.47 Å². The van der Waals surface area contributed by atoms with E-state index >= 15 is 0 Å². The van der Waals surface area contributed by atoms with E-state index in [-0.39, 0.29) is 29.0 Å². The van der Waals surface area contributed by atoms with Crippen molar-refractivity contribution in [2.75, 3.05) is 13.1 Å². The maximum absolute atomic E-state index is 14.2. The first-order valence-electron chi connectivity index (χ1n) is 10.9. The fraction of sp³-hybridized carbons (Fsp3) is 0.192. The van der Waals surface area contributed by atoms with Gasteiger partial charge in [0.2, 0.25) is 0 Å². The number of amides is 1. The number of ether oxygens (including phenoxy) is 1. The molecule has 0 saturated carbocycles. The first-order chi connectivity index (χ1) is 16.7. The molecule has 4 nitrogen and oxygen atoms in total. The van der Waals surface area contributed by atoms with Crippen molar-refractivity contribution in [3.8, 4) is 16.9 Å². The Hall–Kier alpha value is -3.88. The third-order valence-electron chi connectivity index (χ3n) is 5.71. The van der Waals surface area contributed by atoms with Crippen molar-refractivity contribution in [3.05, 3.63) is 89.4 Å². The van der Waals surface area contributed by atoms with Crippen LogP contribution in [0.15, 0.2) is 54.7 Å². The number of hydrogen-bond donors (Lipinski definition) is 0. The zero-order valence-electron chi connectivity index (χ0n) is 18.9. The van der Waals surface area contributed by atoms with Gasteiger partial charge in [0.05, 0.1) is 6.54 Å². The molecule has 9 heteroatoms. The number of nitrogens with zero attached hydrogens (tertiary/aromatic N) is 2. The van der Waals surface area contributed by atoms with Crippen LogP contribution in [0, 0.1) is 29.1 Å². The van der Waals surface area contributed by atoms with Crippen LogP contribution in [0.5, 0.6) is 5.75 Å². The molecule has 1 aromatic heterocycles. The van der Waals surface area contributed by atoms with Crippen LogP contribution in [0.4, 0.5) is 26.7 Å². The molecule has 0 unspecified atom stereocenters. The summed E-state index contributed by atoms with van der Waals surface area (Å²) < 4.78 is 76.6. The van der Waals surface area contributed by atoms with Crippen LogP contribution in [-0.2, 0) is 6.54 Å². The average Bonchev–Trinajstić information content (AvgIpc) is 3.20. The third-order valence-corrected chi connectivity index (χ3v) is 5.71. The summed E-state index contributed by atoms with van der Waals surface area (Å²) in [5, 5.41) is 0.461. The Morgan fingerprint density at radius 3 is 2.17 bits per heavy atom. The van der Waals surface area contributed by atoms with E-state index in [9.17, 15) is 26.7 Å². The predicted octanol–water partition coefficient (Wildman–Crippen LogP) is 6.89. The van der Waals surface area contributed by atoms with E-state index in [1.807, 2.05) is 0 Å². The lowest BCUT2D eigenvalue weighted by molar-refractivity contribution is 0.157. The SMILES string of the molecule is CCN(CC)C(=O)Oc1ccc2c(ccn2Cc2cc(F)c(F)cc2F)c1-c1cc(F)cc(F)c1. The number of halogens is 5. The molecule has 1 heterocycles. The minimum atomic E-state index is -1.29. The van der Waals surface area contributed by atoms with E-state index in [0.29, 0.717) is 30.1 Å². The quantitative estimate of drug-likeness (QED) is 0.219. The topological polar surface area (TPSA) is 34.5 Å². The largest absolute Gasteiger partial charge is 0.415 e. The van der Waals surface area contributed by atoms with Gasteiger partial charge in [-0.2, -0.15) is 0 Å². The van der Waals surface area contributed by atoms with Gasteiger partial charge in [-0.3, -0.25) is 0 Å². The Kier molecular flexibility index (Phi) is 6.77. The standard InChI is InChI=1S/C26H21F5N2O2/c1-3-32(4-2)26(34)35-24-6-5-23-19(25(24)15-9-17(27)12-18(28)10-15)7-8-33(23)14-16-11-21(30)22(31)13-20(16)29/h5-13H,3-4,14H2,1-2H3. The summed E-state index contributed by atoms with van der Waals surface area (Å²) in [7, 11) is 0. The summed E-state index contributed by atoms with van der Waals surface area (Å²) in [5.74, 6) is -4.94. The van der Waals surface area contributed by atoms with Gasteiger partial charge in [0, 0.05) is 53.4 Å². The molecule has 0 atom stereocenters. The van der Waals surface area contributed by atoms with Crippen LogP contribution in [0.2, 0.25) is 0 Å². The summed E-state index contributed by atoms with van der Waals surface area (Å²) >= 11 is 0. The Labute approximate surface area is 198 Å². The average molecular weight is 488 g/mol.